The lowest BCUT2D eigenvalue weighted by Crippen LogP contribution is -2.04. The average Bonchev–Trinajstić information content (AvgIpc) is 2.72. The van der Waals surface area contributed by atoms with Gasteiger partial charge in [-0.1, -0.05) is 49.7 Å². The van der Waals surface area contributed by atoms with Crippen LogP contribution in [-0.2, 0) is 19.2 Å². The number of rotatable bonds is 6. The van der Waals surface area contributed by atoms with Crippen molar-refractivity contribution in [2.45, 2.75) is 39.0 Å². The third kappa shape index (κ3) is 4.54. The summed E-state index contributed by atoms with van der Waals surface area (Å²) in [7, 11) is 0. The summed E-state index contributed by atoms with van der Waals surface area (Å²) in [5.41, 5.74) is 0.616. The Kier molecular flexibility index (Phi) is 6.56. The van der Waals surface area contributed by atoms with E-state index in [1.165, 1.54) is 12.1 Å². The summed E-state index contributed by atoms with van der Waals surface area (Å²) >= 11 is 0. The molecule has 0 amide bonds. The fraction of sp³-hybridized carbons (Fsp3) is 0.250. The molecule has 0 aliphatic rings. The van der Waals surface area contributed by atoms with Gasteiger partial charge in [-0.25, -0.2) is 8.78 Å². The Morgan fingerprint density at radius 2 is 1.47 bits per heavy atom. The molecule has 3 aromatic rings. The van der Waals surface area contributed by atoms with Crippen molar-refractivity contribution in [3.8, 4) is 22.3 Å². The van der Waals surface area contributed by atoms with E-state index in [0.717, 1.165) is 43.0 Å². The van der Waals surface area contributed by atoms with Crippen LogP contribution in [0.5, 0.6) is 0 Å². The quantitative estimate of drug-likeness (QED) is 0.420. The molecule has 0 atom stereocenters. The number of hydrogen-bond donors (Lipinski definition) is 1. The van der Waals surface area contributed by atoms with Crippen molar-refractivity contribution < 1.29 is 27.1 Å². The molecule has 1 N–H and O–H groups in total. The molecule has 0 unspecified atom stereocenters. The van der Waals surface area contributed by atoms with E-state index in [9.17, 15) is 22.7 Å². The second-order valence-electron chi connectivity index (χ2n) is 7.11. The molecule has 3 rings (SSSR count). The van der Waals surface area contributed by atoms with Crippen molar-refractivity contribution in [2.75, 3.05) is 0 Å². The van der Waals surface area contributed by atoms with Gasteiger partial charge in [0.05, 0.1) is 12.2 Å². The Balaban J connectivity index is 2.14. The van der Waals surface area contributed by atoms with Crippen LogP contribution in [0.2, 0.25) is 0 Å². The van der Waals surface area contributed by atoms with Crippen molar-refractivity contribution in [1.29, 1.82) is 0 Å². The van der Waals surface area contributed by atoms with Crippen LogP contribution >= 0.6 is 0 Å². The molecular formula is C24H21F5O. The zero-order valence-corrected chi connectivity index (χ0v) is 16.4. The maximum Gasteiger partial charge on any atom is 0.416 e. The first-order chi connectivity index (χ1) is 14.3. The Hall–Kier alpha value is -2.73. The first-order valence-corrected chi connectivity index (χ1v) is 9.65. The van der Waals surface area contributed by atoms with Crippen molar-refractivity contribution in [3.05, 3.63) is 82.9 Å². The first-order valence-electron chi connectivity index (χ1n) is 9.65. The monoisotopic (exact) mass is 420 g/mol. The zero-order valence-electron chi connectivity index (χ0n) is 16.4. The summed E-state index contributed by atoms with van der Waals surface area (Å²) in [4.78, 5) is 0. The molecule has 0 saturated carbocycles. The van der Waals surface area contributed by atoms with Gasteiger partial charge in [-0.2, -0.15) is 13.2 Å². The molecule has 3 aromatic carbocycles. The van der Waals surface area contributed by atoms with Crippen LogP contribution in [0.4, 0.5) is 22.0 Å². The molecule has 0 bridgehead atoms. The number of aryl methyl sites for hydroxylation is 1. The molecule has 0 fully saturated rings. The number of hydrogen-bond acceptors (Lipinski definition) is 1. The maximum atomic E-state index is 15.2. The summed E-state index contributed by atoms with van der Waals surface area (Å²) in [6.45, 7) is 1.25. The molecule has 0 radical (unpaired) electrons. The highest BCUT2D eigenvalue weighted by Gasteiger charge is 2.30. The van der Waals surface area contributed by atoms with E-state index in [-0.39, 0.29) is 16.7 Å². The van der Waals surface area contributed by atoms with Crippen LogP contribution in [0.15, 0.2) is 54.6 Å². The summed E-state index contributed by atoms with van der Waals surface area (Å²) in [5.74, 6) is -1.87. The molecule has 6 heteroatoms. The highest BCUT2D eigenvalue weighted by Crippen LogP contribution is 2.38. The van der Waals surface area contributed by atoms with Crippen molar-refractivity contribution >= 4 is 0 Å². The fourth-order valence-corrected chi connectivity index (χ4v) is 3.37. The van der Waals surface area contributed by atoms with E-state index in [1.54, 1.807) is 12.1 Å². The zero-order chi connectivity index (χ0) is 21.9. The fourth-order valence-electron chi connectivity index (χ4n) is 3.37. The minimum absolute atomic E-state index is 0.0438. The molecule has 0 aromatic heterocycles. The predicted molar refractivity (Wildman–Crippen MR) is 107 cm³/mol. The van der Waals surface area contributed by atoms with Crippen LogP contribution in [-0.4, -0.2) is 5.11 Å². The molecule has 0 spiro atoms. The van der Waals surface area contributed by atoms with Crippen molar-refractivity contribution in [2.24, 2.45) is 0 Å². The molecular weight excluding hydrogens is 399 g/mol. The first kappa shape index (κ1) is 22.0. The van der Waals surface area contributed by atoms with Gasteiger partial charge in [0, 0.05) is 11.1 Å². The lowest BCUT2D eigenvalue weighted by Gasteiger charge is -2.16. The van der Waals surface area contributed by atoms with Crippen LogP contribution in [0.25, 0.3) is 22.3 Å². The summed E-state index contributed by atoms with van der Waals surface area (Å²) < 4.78 is 68.2. The van der Waals surface area contributed by atoms with Crippen LogP contribution in [0.1, 0.15) is 36.5 Å². The second kappa shape index (κ2) is 8.96. The lowest BCUT2D eigenvalue weighted by molar-refractivity contribution is -0.137. The van der Waals surface area contributed by atoms with E-state index in [1.807, 2.05) is 12.1 Å². The van der Waals surface area contributed by atoms with E-state index in [2.05, 4.69) is 6.92 Å². The minimum atomic E-state index is -4.51. The van der Waals surface area contributed by atoms with E-state index < -0.39 is 35.5 Å². The van der Waals surface area contributed by atoms with E-state index >= 15 is 4.39 Å². The number of alkyl halides is 3. The third-order valence-corrected chi connectivity index (χ3v) is 5.06. The number of aliphatic hydroxyl groups is 1. The highest BCUT2D eigenvalue weighted by molar-refractivity contribution is 5.84. The van der Waals surface area contributed by atoms with Gasteiger partial charge < -0.3 is 5.11 Å². The standard InChI is InChI=1S/C24H21F5O/c1-2-3-4-15-5-7-17(8-6-15)22-19(13-21(25)20(14-30)23(22)26)16-9-11-18(12-10-16)24(27,28)29/h5-13,30H,2-4,14H2,1H3. The number of aliphatic hydroxyl groups excluding tert-OH is 1. The van der Waals surface area contributed by atoms with E-state index in [4.69, 9.17) is 0 Å². The average molecular weight is 420 g/mol. The number of halogens is 5. The Morgan fingerprint density at radius 3 is 2.00 bits per heavy atom. The molecule has 158 valence electrons. The highest BCUT2D eigenvalue weighted by atomic mass is 19.4. The van der Waals surface area contributed by atoms with Crippen LogP contribution < -0.4 is 0 Å². The number of unbranched alkanes of at least 4 members (excludes halogenated alkanes) is 1. The summed E-state index contributed by atoms with van der Waals surface area (Å²) in [6.07, 6.45) is -1.59. The minimum Gasteiger partial charge on any atom is -0.391 e. The molecule has 0 aliphatic heterocycles. The summed E-state index contributed by atoms with van der Waals surface area (Å²) in [6, 6.07) is 12.3. The second-order valence-corrected chi connectivity index (χ2v) is 7.11. The summed E-state index contributed by atoms with van der Waals surface area (Å²) in [5, 5.41) is 9.39. The van der Waals surface area contributed by atoms with Gasteiger partial charge >= 0.3 is 6.18 Å². The van der Waals surface area contributed by atoms with Crippen LogP contribution in [0, 0.1) is 11.6 Å². The van der Waals surface area contributed by atoms with Crippen molar-refractivity contribution in [3.63, 3.8) is 0 Å². The van der Waals surface area contributed by atoms with E-state index in [0.29, 0.717) is 5.56 Å². The lowest BCUT2D eigenvalue weighted by atomic mass is 9.90. The van der Waals surface area contributed by atoms with Gasteiger partial charge in [-0.15, -0.1) is 0 Å². The predicted octanol–water partition coefficient (Wildman–Crippen LogP) is 7.15. The third-order valence-electron chi connectivity index (χ3n) is 5.06. The van der Waals surface area contributed by atoms with Crippen LogP contribution in [0.3, 0.4) is 0 Å². The SMILES string of the molecule is CCCCc1ccc(-c2c(-c3ccc(C(F)(F)F)cc3)cc(F)c(CO)c2F)cc1. The Bertz CT molecular complexity index is 1010. The molecule has 0 saturated heterocycles. The van der Waals surface area contributed by atoms with Crippen molar-refractivity contribution in [1.82, 2.24) is 0 Å². The van der Waals surface area contributed by atoms with Gasteiger partial charge in [0.2, 0.25) is 0 Å². The topological polar surface area (TPSA) is 20.2 Å². The largest absolute Gasteiger partial charge is 0.416 e. The molecule has 1 nitrogen and oxygen atoms in total. The van der Waals surface area contributed by atoms with Gasteiger partial charge in [-0.3, -0.25) is 0 Å². The smallest absolute Gasteiger partial charge is 0.391 e. The Morgan fingerprint density at radius 1 is 0.867 bits per heavy atom. The number of benzene rings is 3. The maximum absolute atomic E-state index is 15.2. The normalized spacial score (nSPS) is 11.7. The molecule has 30 heavy (non-hydrogen) atoms. The van der Waals surface area contributed by atoms with Gasteiger partial charge in [0.15, 0.2) is 0 Å². The Labute approximate surface area is 171 Å². The van der Waals surface area contributed by atoms with Gasteiger partial charge in [0.1, 0.15) is 11.6 Å². The molecule has 0 heterocycles. The molecule has 0 aliphatic carbocycles. The van der Waals surface area contributed by atoms with Gasteiger partial charge in [-0.05, 0) is 53.3 Å². The van der Waals surface area contributed by atoms with Gasteiger partial charge in [0.25, 0.3) is 0 Å².